The van der Waals surface area contributed by atoms with E-state index in [1.54, 1.807) is 18.0 Å². The lowest BCUT2D eigenvalue weighted by molar-refractivity contribution is 0.269. The second-order valence-electron chi connectivity index (χ2n) is 4.49. The van der Waals surface area contributed by atoms with Crippen molar-refractivity contribution in [3.8, 4) is 11.5 Å². The van der Waals surface area contributed by atoms with Crippen molar-refractivity contribution in [1.82, 2.24) is 9.78 Å². The summed E-state index contributed by atoms with van der Waals surface area (Å²) in [5.41, 5.74) is 2.00. The number of hydrogen-bond acceptors (Lipinski definition) is 5. The van der Waals surface area contributed by atoms with Crippen molar-refractivity contribution in [3.63, 3.8) is 0 Å². The standard InChI is InChI=1S/C15H21N3O3/c1-3-21-14-5-4-12(8-15(14)20-2)9-16-13-10-17-18(11-13)6-7-19/h4-5,8,10-11,16,19H,3,6-7,9H2,1-2H3. The number of methoxy groups -OCH3 is 1. The van der Waals surface area contributed by atoms with Gasteiger partial charge in [0.25, 0.3) is 0 Å². The second kappa shape index (κ2) is 7.54. The molecule has 114 valence electrons. The highest BCUT2D eigenvalue weighted by Crippen LogP contribution is 2.28. The molecule has 2 rings (SSSR count). The van der Waals surface area contributed by atoms with Crippen LogP contribution in [0.15, 0.2) is 30.6 Å². The maximum absolute atomic E-state index is 8.86. The minimum atomic E-state index is 0.0806. The highest BCUT2D eigenvalue weighted by molar-refractivity contribution is 5.45. The number of nitrogens with one attached hydrogen (secondary N) is 1. The molecule has 0 aliphatic rings. The molecule has 0 saturated carbocycles. The molecule has 1 aromatic heterocycles. The lowest BCUT2D eigenvalue weighted by Gasteiger charge is -2.11. The monoisotopic (exact) mass is 291 g/mol. The fourth-order valence-corrected chi connectivity index (χ4v) is 1.98. The van der Waals surface area contributed by atoms with Gasteiger partial charge in [0.2, 0.25) is 0 Å². The van der Waals surface area contributed by atoms with Gasteiger partial charge in [-0.1, -0.05) is 6.07 Å². The topological polar surface area (TPSA) is 68.5 Å². The van der Waals surface area contributed by atoms with E-state index in [1.807, 2.05) is 31.3 Å². The van der Waals surface area contributed by atoms with Gasteiger partial charge in [-0.2, -0.15) is 5.10 Å². The minimum Gasteiger partial charge on any atom is -0.493 e. The summed E-state index contributed by atoms with van der Waals surface area (Å²) in [7, 11) is 1.63. The predicted molar refractivity (Wildman–Crippen MR) is 80.8 cm³/mol. The first-order valence-electron chi connectivity index (χ1n) is 6.93. The molecule has 0 aliphatic heterocycles. The third kappa shape index (κ3) is 4.13. The number of anilines is 1. The average molecular weight is 291 g/mol. The largest absolute Gasteiger partial charge is 0.493 e. The molecule has 6 nitrogen and oxygen atoms in total. The third-order valence-corrected chi connectivity index (χ3v) is 2.99. The SMILES string of the molecule is CCOc1ccc(CNc2cnn(CCO)c2)cc1OC. The van der Waals surface area contributed by atoms with Gasteiger partial charge in [0.1, 0.15) is 0 Å². The molecule has 0 atom stereocenters. The van der Waals surface area contributed by atoms with Crippen LogP contribution >= 0.6 is 0 Å². The first-order chi connectivity index (χ1) is 10.3. The fraction of sp³-hybridized carbons (Fsp3) is 0.400. The van der Waals surface area contributed by atoms with Crippen LogP contribution in [0.1, 0.15) is 12.5 Å². The maximum atomic E-state index is 8.86. The highest BCUT2D eigenvalue weighted by atomic mass is 16.5. The first-order valence-corrected chi connectivity index (χ1v) is 6.93. The van der Waals surface area contributed by atoms with Crippen molar-refractivity contribution in [2.75, 3.05) is 25.6 Å². The smallest absolute Gasteiger partial charge is 0.161 e. The van der Waals surface area contributed by atoms with Crippen molar-refractivity contribution < 1.29 is 14.6 Å². The average Bonchev–Trinajstić information content (AvgIpc) is 2.94. The number of nitrogens with zero attached hydrogens (tertiary/aromatic N) is 2. The summed E-state index contributed by atoms with van der Waals surface area (Å²) >= 11 is 0. The summed E-state index contributed by atoms with van der Waals surface area (Å²) in [6.45, 7) is 3.79. The minimum absolute atomic E-state index is 0.0806. The molecule has 21 heavy (non-hydrogen) atoms. The molecular formula is C15H21N3O3. The molecule has 0 bridgehead atoms. The van der Waals surface area contributed by atoms with E-state index in [4.69, 9.17) is 14.6 Å². The van der Waals surface area contributed by atoms with Crippen LogP contribution in [-0.2, 0) is 13.1 Å². The Morgan fingerprint density at radius 3 is 2.90 bits per heavy atom. The predicted octanol–water partition coefficient (Wildman–Crippen LogP) is 1.89. The molecule has 2 N–H and O–H groups in total. The van der Waals surface area contributed by atoms with E-state index in [0.717, 1.165) is 22.7 Å². The van der Waals surface area contributed by atoms with Crippen molar-refractivity contribution in [3.05, 3.63) is 36.2 Å². The number of benzene rings is 1. The normalized spacial score (nSPS) is 10.4. The Morgan fingerprint density at radius 1 is 1.33 bits per heavy atom. The maximum Gasteiger partial charge on any atom is 0.161 e. The van der Waals surface area contributed by atoms with Gasteiger partial charge in [-0.05, 0) is 24.6 Å². The Bertz CT molecular complexity index is 569. The molecule has 1 heterocycles. The van der Waals surface area contributed by atoms with Gasteiger partial charge in [0.05, 0.1) is 38.8 Å². The van der Waals surface area contributed by atoms with E-state index in [1.165, 1.54) is 0 Å². The molecule has 0 radical (unpaired) electrons. The first kappa shape index (κ1) is 15.2. The molecule has 6 heteroatoms. The van der Waals surface area contributed by atoms with Crippen molar-refractivity contribution in [2.45, 2.75) is 20.0 Å². The van der Waals surface area contributed by atoms with Gasteiger partial charge in [-0.3, -0.25) is 4.68 Å². The van der Waals surface area contributed by atoms with Gasteiger partial charge >= 0.3 is 0 Å². The summed E-state index contributed by atoms with van der Waals surface area (Å²) in [5.74, 6) is 1.48. The molecule has 0 spiro atoms. The highest BCUT2D eigenvalue weighted by Gasteiger charge is 2.05. The van der Waals surface area contributed by atoms with Crippen molar-refractivity contribution >= 4 is 5.69 Å². The van der Waals surface area contributed by atoms with Crippen LogP contribution in [0.5, 0.6) is 11.5 Å². The molecule has 0 aliphatic carbocycles. The summed E-state index contributed by atoms with van der Waals surface area (Å²) in [6, 6.07) is 5.86. The zero-order chi connectivity index (χ0) is 15.1. The number of ether oxygens (including phenoxy) is 2. The van der Waals surface area contributed by atoms with Crippen LogP contribution in [0.3, 0.4) is 0 Å². The zero-order valence-corrected chi connectivity index (χ0v) is 12.4. The van der Waals surface area contributed by atoms with Crippen LogP contribution < -0.4 is 14.8 Å². The van der Waals surface area contributed by atoms with E-state index in [0.29, 0.717) is 19.7 Å². The summed E-state index contributed by atoms with van der Waals surface area (Å²) in [4.78, 5) is 0. The fourth-order valence-electron chi connectivity index (χ4n) is 1.98. The van der Waals surface area contributed by atoms with E-state index in [-0.39, 0.29) is 6.61 Å². The van der Waals surface area contributed by atoms with Crippen LogP contribution in [-0.4, -0.2) is 35.2 Å². The van der Waals surface area contributed by atoms with Gasteiger partial charge in [0.15, 0.2) is 11.5 Å². The quantitative estimate of drug-likeness (QED) is 0.777. The Labute approximate surface area is 124 Å². The van der Waals surface area contributed by atoms with E-state index in [2.05, 4.69) is 10.4 Å². The van der Waals surface area contributed by atoms with Gasteiger partial charge in [0, 0.05) is 12.7 Å². The molecule has 2 aromatic rings. The summed E-state index contributed by atoms with van der Waals surface area (Å²) in [6.07, 6.45) is 3.60. The Kier molecular flexibility index (Phi) is 5.45. The Balaban J connectivity index is 1.98. The van der Waals surface area contributed by atoms with Crippen LogP contribution in [0.2, 0.25) is 0 Å². The lowest BCUT2D eigenvalue weighted by atomic mass is 10.2. The van der Waals surface area contributed by atoms with Crippen molar-refractivity contribution in [2.24, 2.45) is 0 Å². The van der Waals surface area contributed by atoms with E-state index >= 15 is 0 Å². The molecule has 0 fully saturated rings. The zero-order valence-electron chi connectivity index (χ0n) is 12.4. The molecule has 0 saturated heterocycles. The molecular weight excluding hydrogens is 270 g/mol. The third-order valence-electron chi connectivity index (χ3n) is 2.99. The lowest BCUT2D eigenvalue weighted by Crippen LogP contribution is -2.02. The number of aliphatic hydroxyl groups is 1. The Hall–Kier alpha value is -2.21. The summed E-state index contributed by atoms with van der Waals surface area (Å²) in [5, 5.41) is 16.3. The van der Waals surface area contributed by atoms with Crippen LogP contribution in [0.4, 0.5) is 5.69 Å². The second-order valence-corrected chi connectivity index (χ2v) is 4.49. The molecule has 1 aromatic carbocycles. The number of hydrogen-bond donors (Lipinski definition) is 2. The number of aromatic nitrogens is 2. The van der Waals surface area contributed by atoms with Gasteiger partial charge in [-0.25, -0.2) is 0 Å². The number of rotatable bonds is 8. The van der Waals surface area contributed by atoms with Gasteiger partial charge < -0.3 is 19.9 Å². The number of aliphatic hydroxyl groups excluding tert-OH is 1. The van der Waals surface area contributed by atoms with E-state index < -0.39 is 0 Å². The van der Waals surface area contributed by atoms with E-state index in [9.17, 15) is 0 Å². The molecule has 0 unspecified atom stereocenters. The van der Waals surface area contributed by atoms with Crippen LogP contribution in [0, 0.1) is 0 Å². The summed E-state index contributed by atoms with van der Waals surface area (Å²) < 4.78 is 12.5. The van der Waals surface area contributed by atoms with Crippen LogP contribution in [0.25, 0.3) is 0 Å². The molecule has 0 amide bonds. The van der Waals surface area contributed by atoms with Crippen molar-refractivity contribution in [1.29, 1.82) is 0 Å². The Morgan fingerprint density at radius 2 is 2.19 bits per heavy atom. The van der Waals surface area contributed by atoms with Gasteiger partial charge in [-0.15, -0.1) is 0 Å².